The molecule has 3 heteroatoms. The average molecular weight is 393 g/mol. The summed E-state index contributed by atoms with van der Waals surface area (Å²) >= 11 is -1.77. The molecular formula is C17H26Cl2Zr. The van der Waals surface area contributed by atoms with Crippen molar-refractivity contribution >= 4 is 28.0 Å². The van der Waals surface area contributed by atoms with E-state index in [1.807, 2.05) is 6.56 Å². The van der Waals surface area contributed by atoms with E-state index in [1.165, 1.54) is 0 Å². The van der Waals surface area contributed by atoms with Crippen molar-refractivity contribution in [3.63, 3.8) is 0 Å². The van der Waals surface area contributed by atoms with Crippen LogP contribution in [0.2, 0.25) is 0 Å². The van der Waals surface area contributed by atoms with Crippen LogP contribution in [-0.2, 0) is 21.3 Å². The summed E-state index contributed by atoms with van der Waals surface area (Å²) < 4.78 is 5.33. The van der Waals surface area contributed by atoms with Gasteiger partial charge in [0.2, 0.25) is 0 Å². The Morgan fingerprint density at radius 2 is 1.20 bits per heavy atom. The van der Waals surface area contributed by atoms with E-state index in [4.69, 9.17) is 0 Å². The van der Waals surface area contributed by atoms with E-state index in [0.29, 0.717) is 11.8 Å². The van der Waals surface area contributed by atoms with E-state index in [2.05, 4.69) is 65.8 Å². The summed E-state index contributed by atoms with van der Waals surface area (Å²) in [4.78, 5) is 0. The first-order valence-electron chi connectivity index (χ1n) is 6.89. The third-order valence-corrected chi connectivity index (χ3v) is 13.4. The summed E-state index contributed by atoms with van der Waals surface area (Å²) in [5, 5.41) is 0. The fraction of sp³-hybridized carbons (Fsp3) is 0.471. The van der Waals surface area contributed by atoms with Gasteiger partial charge in [-0.05, 0) is 0 Å². The molecule has 0 bridgehead atoms. The normalized spacial score (nSPS) is 23.9. The monoisotopic (exact) mass is 390 g/mol. The van der Waals surface area contributed by atoms with E-state index in [0.717, 1.165) is 0 Å². The third kappa shape index (κ3) is 3.73. The molecule has 2 unspecified atom stereocenters. The Kier molecular flexibility index (Phi) is 8.18. The standard InChI is InChI=1S/2C7H9.C3H6.2ClH.Zr/c2*1-6-3-4-7(2)5-6;1-3-2;;;/h2*3-4,6H,1-2H3;1-2H3;2*1H;. The zero-order valence-corrected chi connectivity index (χ0v) is 17.4. The second-order valence-corrected chi connectivity index (χ2v) is 12.8. The molecule has 0 saturated heterocycles. The second kappa shape index (κ2) is 8.07. The van der Waals surface area contributed by atoms with Gasteiger partial charge in [0.1, 0.15) is 0 Å². The van der Waals surface area contributed by atoms with Crippen molar-refractivity contribution in [2.75, 3.05) is 0 Å². The predicted octanol–water partition coefficient (Wildman–Crippen LogP) is 5.62. The molecule has 0 fully saturated rings. The average Bonchev–Trinajstić information content (AvgIpc) is 2.78. The van der Waals surface area contributed by atoms with Crippen LogP contribution in [0.15, 0.2) is 42.0 Å². The molecule has 0 spiro atoms. The first kappa shape index (κ1) is 20.3. The summed E-state index contributed by atoms with van der Waals surface area (Å²) in [5.41, 5.74) is 3.11. The number of hydrogen-bond acceptors (Lipinski definition) is 0. The molecule has 2 aliphatic carbocycles. The van der Waals surface area contributed by atoms with Crippen molar-refractivity contribution in [1.82, 2.24) is 0 Å². The quantitative estimate of drug-likeness (QED) is 0.572. The van der Waals surface area contributed by atoms with Crippen LogP contribution < -0.4 is 0 Å². The molecule has 0 aromatic carbocycles. The molecule has 2 aliphatic rings. The van der Waals surface area contributed by atoms with Crippen LogP contribution in [0.1, 0.15) is 41.5 Å². The van der Waals surface area contributed by atoms with Crippen LogP contribution in [0, 0.1) is 11.8 Å². The zero-order chi connectivity index (χ0) is 13.4. The largest absolute Gasteiger partial charge is 0.147 e. The first-order chi connectivity index (χ1) is 8.43. The van der Waals surface area contributed by atoms with Crippen LogP contribution in [0.3, 0.4) is 0 Å². The molecule has 0 saturated carbocycles. The smallest absolute Gasteiger partial charge is 0.147 e. The van der Waals surface area contributed by atoms with Gasteiger partial charge in [-0.15, -0.1) is 24.8 Å². The Morgan fingerprint density at radius 1 is 0.850 bits per heavy atom. The van der Waals surface area contributed by atoms with E-state index in [-0.39, 0.29) is 24.8 Å². The fourth-order valence-electron chi connectivity index (χ4n) is 3.20. The number of allylic oxidation sites excluding steroid dienone is 8. The van der Waals surface area contributed by atoms with Crippen LogP contribution in [0.5, 0.6) is 0 Å². The molecule has 0 aromatic rings. The minimum Gasteiger partial charge on any atom is -0.147 e. The van der Waals surface area contributed by atoms with E-state index in [1.54, 1.807) is 14.4 Å². The molecule has 20 heavy (non-hydrogen) atoms. The maximum absolute atomic E-state index is 2.39. The van der Waals surface area contributed by atoms with Gasteiger partial charge in [-0.1, -0.05) is 0 Å². The van der Waals surface area contributed by atoms with Crippen molar-refractivity contribution in [3.05, 3.63) is 42.0 Å². The van der Waals surface area contributed by atoms with Gasteiger partial charge in [0.15, 0.2) is 0 Å². The molecule has 2 atom stereocenters. The predicted molar refractivity (Wildman–Crippen MR) is 92.9 cm³/mol. The zero-order valence-electron chi connectivity index (χ0n) is 13.3. The molecule has 0 heterocycles. The first-order valence-corrected chi connectivity index (χ1v) is 10.6. The molecule has 0 aromatic heterocycles. The number of rotatable bonds is 2. The van der Waals surface area contributed by atoms with Crippen molar-refractivity contribution in [2.24, 2.45) is 11.8 Å². The van der Waals surface area contributed by atoms with E-state index in [9.17, 15) is 0 Å². The number of halogens is 2. The van der Waals surface area contributed by atoms with Gasteiger partial charge >= 0.3 is 120 Å². The molecule has 0 aliphatic heterocycles. The van der Waals surface area contributed by atoms with Crippen LogP contribution >= 0.6 is 24.8 Å². The summed E-state index contributed by atoms with van der Waals surface area (Å²) in [7, 11) is 0. The van der Waals surface area contributed by atoms with Gasteiger partial charge in [-0.3, -0.25) is 0 Å². The van der Waals surface area contributed by atoms with Crippen molar-refractivity contribution in [1.29, 1.82) is 0 Å². The Labute approximate surface area is 144 Å². The minimum absolute atomic E-state index is 0. The summed E-state index contributed by atoms with van der Waals surface area (Å²) in [5.74, 6) is 1.34. The van der Waals surface area contributed by atoms with Crippen LogP contribution in [0.4, 0.5) is 0 Å². The summed E-state index contributed by atoms with van der Waals surface area (Å²) in [6.07, 6.45) is 9.45. The van der Waals surface area contributed by atoms with E-state index >= 15 is 0 Å². The Balaban J connectivity index is 0.00000180. The molecule has 0 radical (unpaired) electrons. The van der Waals surface area contributed by atoms with Crippen molar-refractivity contribution < 1.29 is 21.3 Å². The molecule has 0 amide bonds. The van der Waals surface area contributed by atoms with Crippen molar-refractivity contribution in [3.8, 4) is 0 Å². The number of hydrogen-bond donors (Lipinski definition) is 0. The summed E-state index contributed by atoms with van der Waals surface area (Å²) in [6, 6.07) is 0. The topological polar surface area (TPSA) is 0 Å². The third-order valence-electron chi connectivity index (χ3n) is 4.07. The Hall–Kier alpha value is 0.293. The van der Waals surface area contributed by atoms with Gasteiger partial charge in [0.05, 0.1) is 0 Å². The minimum atomic E-state index is -1.77. The maximum atomic E-state index is 2.39. The van der Waals surface area contributed by atoms with Gasteiger partial charge in [-0.2, -0.15) is 0 Å². The van der Waals surface area contributed by atoms with E-state index < -0.39 is 21.3 Å². The van der Waals surface area contributed by atoms with Crippen molar-refractivity contribution in [2.45, 2.75) is 41.5 Å². The second-order valence-electron chi connectivity index (χ2n) is 5.86. The van der Waals surface area contributed by atoms with Gasteiger partial charge in [0.25, 0.3) is 0 Å². The fourth-order valence-corrected chi connectivity index (χ4v) is 11.6. The maximum Gasteiger partial charge on any atom is -0.147 e. The molecule has 2 rings (SSSR count). The van der Waals surface area contributed by atoms with Gasteiger partial charge in [-0.25, -0.2) is 0 Å². The molecule has 112 valence electrons. The van der Waals surface area contributed by atoms with Gasteiger partial charge < -0.3 is 0 Å². The Morgan fingerprint density at radius 3 is 1.40 bits per heavy atom. The SMILES string of the molecule is CC1=[C]([Zr]([C]2=C(C)C=CC2C)=[C](C)C)C(C)C=C1.Cl.Cl. The molecule has 0 N–H and O–H groups in total. The van der Waals surface area contributed by atoms with Gasteiger partial charge in [0, 0.05) is 0 Å². The molecular weight excluding hydrogens is 366 g/mol. The summed E-state index contributed by atoms with van der Waals surface area (Å²) in [6.45, 7) is 14.1. The molecule has 0 nitrogen and oxygen atoms in total. The Bertz CT molecular complexity index is 487. The van der Waals surface area contributed by atoms with Crippen LogP contribution in [0.25, 0.3) is 0 Å². The van der Waals surface area contributed by atoms with Crippen LogP contribution in [-0.4, -0.2) is 3.21 Å².